The van der Waals surface area contributed by atoms with Gasteiger partial charge in [0.25, 0.3) is 0 Å². The standard InChI is InChI=1S/C16H21N3O2/c20-15-14(12-4-2-1-3-5-12)19(11-10-18-15)16(21)13-6-8-17-9-7-13/h1-5,13-14,17H,6-11H2,(H,18,20). The Morgan fingerprint density at radius 2 is 1.81 bits per heavy atom. The summed E-state index contributed by atoms with van der Waals surface area (Å²) >= 11 is 0. The first-order chi connectivity index (χ1) is 10.3. The van der Waals surface area contributed by atoms with E-state index in [4.69, 9.17) is 0 Å². The number of hydrogen-bond acceptors (Lipinski definition) is 3. The first kappa shape index (κ1) is 14.1. The second kappa shape index (κ2) is 6.26. The number of hydrogen-bond donors (Lipinski definition) is 2. The number of carbonyl (C=O) groups excluding carboxylic acids is 2. The maximum Gasteiger partial charge on any atom is 0.247 e. The minimum Gasteiger partial charge on any atom is -0.352 e. The highest BCUT2D eigenvalue weighted by Gasteiger charge is 2.37. The van der Waals surface area contributed by atoms with Gasteiger partial charge in [0, 0.05) is 19.0 Å². The maximum atomic E-state index is 12.8. The third-order valence-electron chi connectivity index (χ3n) is 4.30. The molecule has 0 bridgehead atoms. The lowest BCUT2D eigenvalue weighted by Crippen LogP contribution is -2.54. The molecule has 1 aromatic carbocycles. The molecule has 1 atom stereocenters. The van der Waals surface area contributed by atoms with Crippen LogP contribution >= 0.6 is 0 Å². The van der Waals surface area contributed by atoms with Crippen LogP contribution in [-0.4, -0.2) is 42.9 Å². The molecular formula is C16H21N3O2. The molecule has 2 N–H and O–H groups in total. The van der Waals surface area contributed by atoms with Gasteiger partial charge in [-0.25, -0.2) is 0 Å². The molecule has 3 rings (SSSR count). The average Bonchev–Trinajstić information content (AvgIpc) is 2.55. The fraction of sp³-hybridized carbons (Fsp3) is 0.500. The summed E-state index contributed by atoms with van der Waals surface area (Å²) in [4.78, 5) is 26.8. The van der Waals surface area contributed by atoms with Crippen LogP contribution in [0.5, 0.6) is 0 Å². The summed E-state index contributed by atoms with van der Waals surface area (Å²) in [5, 5.41) is 6.15. The highest BCUT2D eigenvalue weighted by atomic mass is 16.2. The van der Waals surface area contributed by atoms with Crippen molar-refractivity contribution < 1.29 is 9.59 Å². The molecule has 1 unspecified atom stereocenters. The summed E-state index contributed by atoms with van der Waals surface area (Å²) in [7, 11) is 0. The summed E-state index contributed by atoms with van der Waals surface area (Å²) < 4.78 is 0. The number of piperidine rings is 1. The molecule has 0 aliphatic carbocycles. The molecular weight excluding hydrogens is 266 g/mol. The van der Waals surface area contributed by atoms with Gasteiger partial charge in [0.05, 0.1) is 0 Å². The van der Waals surface area contributed by atoms with E-state index in [0.29, 0.717) is 13.1 Å². The molecule has 0 saturated carbocycles. The van der Waals surface area contributed by atoms with E-state index < -0.39 is 6.04 Å². The van der Waals surface area contributed by atoms with Gasteiger partial charge in [0.15, 0.2) is 0 Å². The molecule has 112 valence electrons. The van der Waals surface area contributed by atoms with Crippen molar-refractivity contribution in [1.82, 2.24) is 15.5 Å². The zero-order valence-electron chi connectivity index (χ0n) is 12.0. The molecule has 0 aromatic heterocycles. The van der Waals surface area contributed by atoms with Crippen molar-refractivity contribution in [3.8, 4) is 0 Å². The van der Waals surface area contributed by atoms with Crippen molar-refractivity contribution in [1.29, 1.82) is 0 Å². The van der Waals surface area contributed by atoms with Crippen molar-refractivity contribution >= 4 is 11.8 Å². The largest absolute Gasteiger partial charge is 0.352 e. The van der Waals surface area contributed by atoms with E-state index in [-0.39, 0.29) is 17.7 Å². The van der Waals surface area contributed by atoms with Crippen LogP contribution < -0.4 is 10.6 Å². The van der Waals surface area contributed by atoms with Gasteiger partial charge in [0.1, 0.15) is 6.04 Å². The van der Waals surface area contributed by atoms with E-state index in [1.165, 1.54) is 0 Å². The van der Waals surface area contributed by atoms with Crippen LogP contribution in [0.25, 0.3) is 0 Å². The van der Waals surface area contributed by atoms with Crippen LogP contribution in [0, 0.1) is 5.92 Å². The summed E-state index contributed by atoms with van der Waals surface area (Å²) in [6, 6.07) is 9.08. The van der Waals surface area contributed by atoms with E-state index >= 15 is 0 Å². The fourth-order valence-electron chi connectivity index (χ4n) is 3.17. The van der Waals surface area contributed by atoms with Crippen molar-refractivity contribution in [2.24, 2.45) is 5.92 Å². The summed E-state index contributed by atoms with van der Waals surface area (Å²) in [5.74, 6) is 0.0956. The molecule has 5 heteroatoms. The molecule has 2 amide bonds. The normalized spacial score (nSPS) is 23.7. The lowest BCUT2D eigenvalue weighted by Gasteiger charge is -2.38. The van der Waals surface area contributed by atoms with Crippen LogP contribution in [0.15, 0.2) is 30.3 Å². The summed E-state index contributed by atoms with van der Waals surface area (Å²) in [6.45, 7) is 2.89. The Balaban J connectivity index is 1.83. The Morgan fingerprint density at radius 3 is 2.52 bits per heavy atom. The molecule has 2 fully saturated rings. The number of rotatable bonds is 2. The SMILES string of the molecule is O=C1NCCN(C(=O)C2CCNCC2)C1c1ccccc1. The molecule has 1 aromatic rings. The molecule has 0 radical (unpaired) electrons. The second-order valence-corrected chi connectivity index (χ2v) is 5.66. The van der Waals surface area contributed by atoms with E-state index in [2.05, 4.69) is 10.6 Å². The molecule has 21 heavy (non-hydrogen) atoms. The second-order valence-electron chi connectivity index (χ2n) is 5.66. The lowest BCUT2D eigenvalue weighted by molar-refractivity contribution is -0.147. The number of amides is 2. The summed E-state index contributed by atoms with van der Waals surface area (Å²) in [6.07, 6.45) is 1.72. The molecule has 2 saturated heterocycles. The van der Waals surface area contributed by atoms with Gasteiger partial charge in [0.2, 0.25) is 11.8 Å². The van der Waals surface area contributed by atoms with Gasteiger partial charge in [-0.2, -0.15) is 0 Å². The van der Waals surface area contributed by atoms with Crippen molar-refractivity contribution in [2.45, 2.75) is 18.9 Å². The Bertz CT molecular complexity index is 512. The predicted molar refractivity (Wildman–Crippen MR) is 79.5 cm³/mol. The monoisotopic (exact) mass is 287 g/mol. The van der Waals surface area contributed by atoms with Crippen LogP contribution in [0.2, 0.25) is 0 Å². The molecule has 5 nitrogen and oxygen atoms in total. The van der Waals surface area contributed by atoms with E-state index in [0.717, 1.165) is 31.5 Å². The number of carbonyl (C=O) groups is 2. The van der Waals surface area contributed by atoms with Gasteiger partial charge < -0.3 is 15.5 Å². The molecule has 2 heterocycles. The average molecular weight is 287 g/mol. The Kier molecular flexibility index (Phi) is 4.20. The van der Waals surface area contributed by atoms with Gasteiger partial charge in [-0.1, -0.05) is 30.3 Å². The fourth-order valence-corrected chi connectivity index (χ4v) is 3.17. The first-order valence-electron chi connectivity index (χ1n) is 7.61. The Hall–Kier alpha value is -1.88. The van der Waals surface area contributed by atoms with Crippen molar-refractivity contribution in [3.05, 3.63) is 35.9 Å². The predicted octanol–water partition coefficient (Wildman–Crippen LogP) is 0.686. The smallest absolute Gasteiger partial charge is 0.247 e. The van der Waals surface area contributed by atoms with E-state index in [1.807, 2.05) is 30.3 Å². The van der Waals surface area contributed by atoms with Crippen LogP contribution in [0.4, 0.5) is 0 Å². The third-order valence-corrected chi connectivity index (χ3v) is 4.30. The van der Waals surface area contributed by atoms with Crippen LogP contribution in [-0.2, 0) is 9.59 Å². The highest BCUT2D eigenvalue weighted by Crippen LogP contribution is 2.27. The topological polar surface area (TPSA) is 61.4 Å². The van der Waals surface area contributed by atoms with Crippen molar-refractivity contribution in [2.75, 3.05) is 26.2 Å². The van der Waals surface area contributed by atoms with Crippen LogP contribution in [0.1, 0.15) is 24.4 Å². The zero-order valence-corrected chi connectivity index (χ0v) is 12.0. The number of piperazine rings is 1. The maximum absolute atomic E-state index is 12.8. The summed E-state index contributed by atoms with van der Waals surface area (Å²) in [5.41, 5.74) is 0.886. The van der Waals surface area contributed by atoms with Gasteiger partial charge in [-0.3, -0.25) is 9.59 Å². The van der Waals surface area contributed by atoms with Crippen LogP contribution in [0.3, 0.4) is 0 Å². The number of nitrogens with one attached hydrogen (secondary N) is 2. The Labute approximate surface area is 124 Å². The molecule has 2 aliphatic rings. The van der Waals surface area contributed by atoms with Gasteiger partial charge in [-0.05, 0) is 31.5 Å². The number of nitrogens with zero attached hydrogens (tertiary/aromatic N) is 1. The quantitative estimate of drug-likeness (QED) is 0.841. The van der Waals surface area contributed by atoms with Gasteiger partial charge >= 0.3 is 0 Å². The molecule has 0 spiro atoms. The number of benzene rings is 1. The minimum absolute atomic E-state index is 0.0448. The lowest BCUT2D eigenvalue weighted by atomic mass is 9.94. The van der Waals surface area contributed by atoms with E-state index in [9.17, 15) is 9.59 Å². The third kappa shape index (κ3) is 2.93. The minimum atomic E-state index is -0.484. The molecule has 2 aliphatic heterocycles. The van der Waals surface area contributed by atoms with E-state index in [1.54, 1.807) is 4.90 Å². The van der Waals surface area contributed by atoms with Gasteiger partial charge in [-0.15, -0.1) is 0 Å². The van der Waals surface area contributed by atoms with Crippen molar-refractivity contribution in [3.63, 3.8) is 0 Å². The highest BCUT2D eigenvalue weighted by molar-refractivity contribution is 5.90. The first-order valence-corrected chi connectivity index (χ1v) is 7.61. The zero-order chi connectivity index (χ0) is 14.7. The Morgan fingerprint density at radius 1 is 1.10 bits per heavy atom.